The molecule has 4 heteroatoms. The highest BCUT2D eigenvalue weighted by molar-refractivity contribution is 5.64. The lowest BCUT2D eigenvalue weighted by molar-refractivity contribution is 0.211. The molecule has 0 atom stereocenters. The van der Waals surface area contributed by atoms with Crippen molar-refractivity contribution in [3.05, 3.63) is 65.7 Å². The van der Waals surface area contributed by atoms with E-state index >= 15 is 0 Å². The summed E-state index contributed by atoms with van der Waals surface area (Å²) in [4.78, 5) is 0. The molecule has 4 nitrogen and oxygen atoms in total. The van der Waals surface area contributed by atoms with Crippen molar-refractivity contribution in [1.82, 2.24) is 9.78 Å². The Balaban J connectivity index is 0.00000289. The Hall–Kier alpha value is -3.06. The molecule has 1 heterocycles. The second kappa shape index (κ2) is 9.83. The number of ether oxygens (including phenoxy) is 1. The number of hydrogen-bond acceptors (Lipinski definition) is 3. The number of hydrogen-bond donors (Lipinski definition) is 0. The summed E-state index contributed by atoms with van der Waals surface area (Å²) in [7, 11) is 0. The topological polar surface area (TPSA) is 50.8 Å². The number of rotatable bonds is 7. The number of nitrogens with zero attached hydrogens (tertiary/aromatic N) is 3. The lowest BCUT2D eigenvalue weighted by Gasteiger charge is -2.27. The van der Waals surface area contributed by atoms with Crippen LogP contribution < -0.4 is 4.74 Å². The van der Waals surface area contributed by atoms with Crippen LogP contribution in [-0.2, 0) is 0 Å². The lowest BCUT2D eigenvalue weighted by atomic mass is 9.80. The smallest absolute Gasteiger partial charge is 0.233 e. The highest BCUT2D eigenvalue weighted by Crippen LogP contribution is 2.33. The van der Waals surface area contributed by atoms with Gasteiger partial charge in [-0.2, -0.15) is 5.26 Å². The summed E-state index contributed by atoms with van der Waals surface area (Å²) in [6, 6.07) is 20.2. The summed E-state index contributed by atoms with van der Waals surface area (Å²) < 4.78 is 8.02. The fourth-order valence-corrected chi connectivity index (χ4v) is 4.49. The minimum atomic E-state index is 0. The van der Waals surface area contributed by atoms with Crippen LogP contribution in [0.5, 0.6) is 5.88 Å². The van der Waals surface area contributed by atoms with Gasteiger partial charge in [0.2, 0.25) is 5.88 Å². The predicted octanol–water partition coefficient (Wildman–Crippen LogP) is 6.95. The summed E-state index contributed by atoms with van der Waals surface area (Å²) in [5.74, 6) is 2.36. The molecule has 0 unspecified atom stereocenters. The summed E-state index contributed by atoms with van der Waals surface area (Å²) in [6.45, 7) is 5.10. The van der Waals surface area contributed by atoms with E-state index in [1.165, 1.54) is 37.7 Å². The van der Waals surface area contributed by atoms with Gasteiger partial charge in [0.15, 0.2) is 0 Å². The van der Waals surface area contributed by atoms with E-state index in [-0.39, 0.29) is 1.43 Å². The van der Waals surface area contributed by atoms with Gasteiger partial charge < -0.3 is 4.74 Å². The molecule has 4 rings (SSSR count). The van der Waals surface area contributed by atoms with Crippen LogP contribution in [0.2, 0.25) is 0 Å². The average molecular weight is 416 g/mol. The van der Waals surface area contributed by atoms with Crippen molar-refractivity contribution in [2.45, 2.75) is 52.4 Å². The van der Waals surface area contributed by atoms with Crippen molar-refractivity contribution < 1.29 is 6.16 Å². The molecule has 0 saturated heterocycles. The van der Waals surface area contributed by atoms with Crippen LogP contribution in [0.25, 0.3) is 16.9 Å². The van der Waals surface area contributed by atoms with Crippen LogP contribution in [0, 0.1) is 30.1 Å². The Morgan fingerprint density at radius 3 is 2.35 bits per heavy atom. The molecule has 0 N–H and O–H groups in total. The van der Waals surface area contributed by atoms with Gasteiger partial charge >= 0.3 is 0 Å². The Morgan fingerprint density at radius 1 is 1.03 bits per heavy atom. The van der Waals surface area contributed by atoms with Crippen LogP contribution in [0.3, 0.4) is 0 Å². The molecule has 3 aromatic rings. The summed E-state index contributed by atoms with van der Waals surface area (Å²) in [6.07, 6.45) is 7.81. The molecular weight excluding hydrogens is 382 g/mol. The fourth-order valence-electron chi connectivity index (χ4n) is 4.49. The second-order valence-corrected chi connectivity index (χ2v) is 8.74. The number of nitriles is 1. The monoisotopic (exact) mass is 415 g/mol. The van der Waals surface area contributed by atoms with Crippen LogP contribution in [0.4, 0.5) is 0 Å². The predicted molar refractivity (Wildman–Crippen MR) is 126 cm³/mol. The van der Waals surface area contributed by atoms with Crippen molar-refractivity contribution in [2.24, 2.45) is 11.8 Å². The van der Waals surface area contributed by atoms with Gasteiger partial charge in [-0.3, -0.25) is 0 Å². The maximum Gasteiger partial charge on any atom is 0.233 e. The molecule has 2 aromatic carbocycles. The van der Waals surface area contributed by atoms with Gasteiger partial charge in [-0.25, -0.2) is 4.68 Å². The molecule has 1 aliphatic carbocycles. The normalized spacial score (nSPS) is 18.5. The van der Waals surface area contributed by atoms with Crippen molar-refractivity contribution in [1.29, 1.82) is 5.26 Å². The average Bonchev–Trinajstić information content (AvgIpc) is 3.24. The van der Waals surface area contributed by atoms with E-state index in [9.17, 15) is 0 Å². The third-order valence-electron chi connectivity index (χ3n) is 6.59. The van der Waals surface area contributed by atoms with Crippen LogP contribution in [0.15, 0.2) is 54.6 Å². The third kappa shape index (κ3) is 5.17. The van der Waals surface area contributed by atoms with Gasteiger partial charge in [-0.15, -0.1) is 5.10 Å². The molecule has 0 bridgehead atoms. The molecule has 1 aliphatic rings. The molecule has 0 amide bonds. The van der Waals surface area contributed by atoms with E-state index in [1.807, 2.05) is 35.0 Å². The highest BCUT2D eigenvalue weighted by Gasteiger charge is 2.20. The highest BCUT2D eigenvalue weighted by atomic mass is 16.5. The standard InChI is InChI=1S/C27H31N3O.H2/c1-3-21-6-8-22(9-7-21)16-17-31-27-18-26(24-12-4-20(2)5-13-24)30(29-27)25-14-10-23(19-28)11-15-25;/h4-5,10-15,18,21-22H,3,6-9,16-17H2,1-2H3;1H. The first-order valence-corrected chi connectivity index (χ1v) is 11.5. The second-order valence-electron chi connectivity index (χ2n) is 8.74. The first-order valence-electron chi connectivity index (χ1n) is 11.5. The zero-order valence-corrected chi connectivity index (χ0v) is 18.6. The van der Waals surface area contributed by atoms with E-state index < -0.39 is 0 Å². The van der Waals surface area contributed by atoms with Crippen molar-refractivity contribution in [3.63, 3.8) is 0 Å². The van der Waals surface area contributed by atoms with Gasteiger partial charge in [0.25, 0.3) is 0 Å². The van der Waals surface area contributed by atoms with E-state index in [1.54, 1.807) is 0 Å². The zero-order chi connectivity index (χ0) is 21.6. The van der Waals surface area contributed by atoms with Gasteiger partial charge in [0.05, 0.1) is 29.6 Å². The van der Waals surface area contributed by atoms with Gasteiger partial charge in [-0.1, -0.05) is 68.9 Å². The third-order valence-corrected chi connectivity index (χ3v) is 6.59. The molecular formula is C27H33N3O. The molecule has 1 saturated carbocycles. The van der Waals surface area contributed by atoms with Crippen molar-refractivity contribution >= 4 is 0 Å². The summed E-state index contributed by atoms with van der Waals surface area (Å²) >= 11 is 0. The first kappa shape index (κ1) is 21.2. The zero-order valence-electron chi connectivity index (χ0n) is 18.6. The summed E-state index contributed by atoms with van der Waals surface area (Å²) in [5, 5.41) is 13.9. The fraction of sp³-hybridized carbons (Fsp3) is 0.407. The molecule has 0 spiro atoms. The minimum absolute atomic E-state index is 0. The van der Waals surface area contributed by atoms with E-state index in [0.29, 0.717) is 18.1 Å². The maximum atomic E-state index is 9.10. The quantitative estimate of drug-likeness (QED) is 0.419. The SMILES string of the molecule is CCC1CCC(CCOc2cc(-c3ccc(C)cc3)n(-c3ccc(C#N)cc3)n2)CC1.[HH]. The molecule has 0 aliphatic heterocycles. The van der Waals surface area contributed by atoms with Gasteiger partial charge in [0, 0.05) is 13.1 Å². The van der Waals surface area contributed by atoms with E-state index in [4.69, 9.17) is 15.1 Å². The Labute approximate surface area is 187 Å². The van der Waals surface area contributed by atoms with Crippen LogP contribution >= 0.6 is 0 Å². The van der Waals surface area contributed by atoms with Crippen molar-refractivity contribution in [3.8, 4) is 28.9 Å². The summed E-state index contributed by atoms with van der Waals surface area (Å²) in [5.41, 5.74) is 4.87. The Bertz CT molecular complexity index is 1030. The molecule has 1 fully saturated rings. The van der Waals surface area contributed by atoms with E-state index in [2.05, 4.69) is 44.2 Å². The Kier molecular flexibility index (Phi) is 6.72. The minimum Gasteiger partial charge on any atom is -0.477 e. The van der Waals surface area contributed by atoms with Crippen LogP contribution in [-0.4, -0.2) is 16.4 Å². The number of aromatic nitrogens is 2. The molecule has 1 aromatic heterocycles. The number of aryl methyl sites for hydroxylation is 1. The molecule has 0 radical (unpaired) electrons. The van der Waals surface area contributed by atoms with Gasteiger partial charge in [-0.05, 0) is 49.4 Å². The van der Waals surface area contributed by atoms with Crippen molar-refractivity contribution in [2.75, 3.05) is 6.61 Å². The van der Waals surface area contributed by atoms with Crippen LogP contribution in [0.1, 0.15) is 58.0 Å². The van der Waals surface area contributed by atoms with E-state index in [0.717, 1.165) is 35.2 Å². The lowest BCUT2D eigenvalue weighted by Crippen LogP contribution is -2.16. The first-order chi connectivity index (χ1) is 15.2. The van der Waals surface area contributed by atoms with Gasteiger partial charge in [0.1, 0.15) is 0 Å². The molecule has 162 valence electrons. The maximum absolute atomic E-state index is 9.10. The Morgan fingerprint density at radius 2 is 1.71 bits per heavy atom. The molecule has 31 heavy (non-hydrogen) atoms. The number of benzene rings is 2. The largest absolute Gasteiger partial charge is 0.477 e.